The molecule has 0 aromatic heterocycles. The molecule has 20 heavy (non-hydrogen) atoms. The lowest BCUT2D eigenvalue weighted by Crippen LogP contribution is -2.36. The van der Waals surface area contributed by atoms with Gasteiger partial charge in [0.25, 0.3) is 0 Å². The van der Waals surface area contributed by atoms with Gasteiger partial charge in [-0.25, -0.2) is 0 Å². The summed E-state index contributed by atoms with van der Waals surface area (Å²) in [6.45, 7) is 1.35. The Morgan fingerprint density at radius 1 is 1.45 bits per heavy atom. The highest BCUT2D eigenvalue weighted by atomic mass is 16.5. The molecule has 0 radical (unpaired) electrons. The Labute approximate surface area is 118 Å². The van der Waals surface area contributed by atoms with Crippen molar-refractivity contribution in [1.29, 1.82) is 0 Å². The van der Waals surface area contributed by atoms with Gasteiger partial charge in [0.15, 0.2) is 0 Å². The van der Waals surface area contributed by atoms with Crippen LogP contribution in [0.25, 0.3) is 6.08 Å². The number of rotatable bonds is 3. The largest absolute Gasteiger partial charge is 0.497 e. The van der Waals surface area contributed by atoms with Crippen molar-refractivity contribution in [3.05, 3.63) is 35.9 Å². The number of nitrogens with zero attached hydrogens (tertiary/aromatic N) is 1. The molecule has 5 nitrogen and oxygen atoms in total. The minimum Gasteiger partial charge on any atom is -0.497 e. The summed E-state index contributed by atoms with van der Waals surface area (Å²) in [5.41, 5.74) is 0.886. The lowest BCUT2D eigenvalue weighted by Gasteiger charge is -2.16. The molecule has 1 saturated heterocycles. The number of benzene rings is 1. The average molecular weight is 274 g/mol. The topological polar surface area (TPSA) is 58.6 Å². The molecule has 0 atom stereocenters. The first-order valence-electron chi connectivity index (χ1n) is 6.57. The summed E-state index contributed by atoms with van der Waals surface area (Å²) in [6.07, 6.45) is 4.01. The second kappa shape index (κ2) is 6.75. The van der Waals surface area contributed by atoms with E-state index in [1.807, 2.05) is 24.3 Å². The summed E-state index contributed by atoms with van der Waals surface area (Å²) in [4.78, 5) is 25.0. The van der Waals surface area contributed by atoms with Crippen LogP contribution >= 0.6 is 0 Å². The lowest BCUT2D eigenvalue weighted by molar-refractivity contribution is -0.131. The third kappa shape index (κ3) is 3.85. The summed E-state index contributed by atoms with van der Waals surface area (Å²) in [7, 11) is 1.60. The predicted molar refractivity (Wildman–Crippen MR) is 76.2 cm³/mol. The molecule has 5 heteroatoms. The number of hydrogen-bond donors (Lipinski definition) is 1. The van der Waals surface area contributed by atoms with Crippen LogP contribution in [-0.4, -0.2) is 43.5 Å². The zero-order valence-corrected chi connectivity index (χ0v) is 11.5. The molecule has 1 aliphatic heterocycles. The zero-order chi connectivity index (χ0) is 14.4. The maximum absolute atomic E-state index is 12.1. The fraction of sp³-hybridized carbons (Fsp3) is 0.333. The van der Waals surface area contributed by atoms with Gasteiger partial charge < -0.3 is 15.0 Å². The van der Waals surface area contributed by atoms with Crippen molar-refractivity contribution in [3.63, 3.8) is 0 Å². The van der Waals surface area contributed by atoms with E-state index in [4.69, 9.17) is 4.74 Å². The van der Waals surface area contributed by atoms with Gasteiger partial charge in [-0.3, -0.25) is 9.59 Å². The molecule has 1 aromatic rings. The van der Waals surface area contributed by atoms with E-state index in [0.29, 0.717) is 13.1 Å². The predicted octanol–water partition coefficient (Wildman–Crippen LogP) is 1.06. The van der Waals surface area contributed by atoms with E-state index in [0.717, 1.165) is 17.7 Å². The number of carbonyl (C=O) groups is 2. The van der Waals surface area contributed by atoms with Crippen molar-refractivity contribution in [2.45, 2.75) is 6.42 Å². The highest BCUT2D eigenvalue weighted by Gasteiger charge is 2.17. The number of hydrogen-bond acceptors (Lipinski definition) is 3. The highest BCUT2D eigenvalue weighted by Crippen LogP contribution is 2.13. The van der Waals surface area contributed by atoms with Crippen molar-refractivity contribution in [2.24, 2.45) is 0 Å². The summed E-state index contributed by atoms with van der Waals surface area (Å²) < 4.78 is 5.13. The van der Waals surface area contributed by atoms with Crippen LogP contribution in [-0.2, 0) is 9.59 Å². The summed E-state index contributed by atoms with van der Waals surface area (Å²) >= 11 is 0. The Morgan fingerprint density at radius 3 is 3.10 bits per heavy atom. The molecule has 0 spiro atoms. The third-order valence-electron chi connectivity index (χ3n) is 3.09. The van der Waals surface area contributed by atoms with Gasteiger partial charge in [0.1, 0.15) is 5.75 Å². The van der Waals surface area contributed by atoms with Gasteiger partial charge in [0, 0.05) is 19.2 Å². The van der Waals surface area contributed by atoms with Gasteiger partial charge in [-0.15, -0.1) is 0 Å². The van der Waals surface area contributed by atoms with E-state index in [9.17, 15) is 9.59 Å². The molecule has 0 saturated carbocycles. The molecule has 106 valence electrons. The van der Waals surface area contributed by atoms with Crippen LogP contribution in [0.5, 0.6) is 5.75 Å². The van der Waals surface area contributed by atoms with E-state index < -0.39 is 0 Å². The lowest BCUT2D eigenvalue weighted by atomic mass is 10.2. The maximum Gasteiger partial charge on any atom is 0.247 e. The van der Waals surface area contributed by atoms with E-state index in [2.05, 4.69) is 5.32 Å². The maximum atomic E-state index is 12.1. The molecule has 2 amide bonds. The highest BCUT2D eigenvalue weighted by molar-refractivity contribution is 5.94. The molecule has 2 rings (SSSR count). The number of ether oxygens (including phenoxy) is 1. The molecule has 0 unspecified atom stereocenters. The van der Waals surface area contributed by atoms with Gasteiger partial charge >= 0.3 is 0 Å². The SMILES string of the molecule is COc1cccc(C=CC(=O)N2CCCNC(=O)C2)c1. The van der Waals surface area contributed by atoms with Gasteiger partial charge in [-0.2, -0.15) is 0 Å². The normalized spacial score (nSPS) is 15.8. The second-order valence-corrected chi connectivity index (χ2v) is 4.57. The summed E-state index contributed by atoms with van der Waals surface area (Å²) in [6, 6.07) is 7.45. The van der Waals surface area contributed by atoms with Crippen LogP contribution in [0.4, 0.5) is 0 Å². The second-order valence-electron chi connectivity index (χ2n) is 4.57. The van der Waals surface area contributed by atoms with E-state index >= 15 is 0 Å². The standard InChI is InChI=1S/C15H18N2O3/c1-20-13-5-2-4-12(10-13)6-7-15(19)17-9-3-8-16-14(18)11-17/h2,4-7,10H,3,8-9,11H2,1H3,(H,16,18). The summed E-state index contributed by atoms with van der Waals surface area (Å²) in [5.74, 6) is 0.490. The van der Waals surface area contributed by atoms with E-state index in [-0.39, 0.29) is 18.4 Å². The first kappa shape index (κ1) is 14.1. The minimum absolute atomic E-state index is 0.106. The van der Waals surface area contributed by atoms with Gasteiger partial charge in [0.05, 0.1) is 13.7 Å². The Kier molecular flexibility index (Phi) is 4.76. The number of methoxy groups -OCH3 is 1. The van der Waals surface area contributed by atoms with Crippen LogP contribution in [0, 0.1) is 0 Å². The van der Waals surface area contributed by atoms with Crippen molar-refractivity contribution in [3.8, 4) is 5.75 Å². The molecule has 1 fully saturated rings. The monoisotopic (exact) mass is 274 g/mol. The van der Waals surface area contributed by atoms with Gasteiger partial charge in [-0.1, -0.05) is 12.1 Å². The van der Waals surface area contributed by atoms with Crippen molar-refractivity contribution in [2.75, 3.05) is 26.7 Å². The van der Waals surface area contributed by atoms with Crippen LogP contribution in [0.2, 0.25) is 0 Å². The Balaban J connectivity index is 2.02. The number of carbonyl (C=O) groups excluding carboxylic acids is 2. The fourth-order valence-corrected chi connectivity index (χ4v) is 2.01. The number of amides is 2. The smallest absolute Gasteiger partial charge is 0.247 e. The van der Waals surface area contributed by atoms with Crippen LogP contribution in [0.3, 0.4) is 0 Å². The molecule has 0 bridgehead atoms. The molecule has 1 heterocycles. The molecule has 1 aromatic carbocycles. The first-order valence-corrected chi connectivity index (χ1v) is 6.57. The van der Waals surface area contributed by atoms with E-state index in [1.54, 1.807) is 18.1 Å². The number of nitrogens with one attached hydrogen (secondary N) is 1. The van der Waals surface area contributed by atoms with E-state index in [1.165, 1.54) is 6.08 Å². The minimum atomic E-state index is -0.148. The molecular formula is C15H18N2O3. The van der Waals surface area contributed by atoms with Gasteiger partial charge in [0.2, 0.25) is 11.8 Å². The Hall–Kier alpha value is -2.30. The summed E-state index contributed by atoms with van der Waals surface area (Å²) in [5, 5.41) is 2.74. The quantitative estimate of drug-likeness (QED) is 0.838. The fourth-order valence-electron chi connectivity index (χ4n) is 2.01. The van der Waals surface area contributed by atoms with Crippen LogP contribution in [0.15, 0.2) is 30.3 Å². The zero-order valence-electron chi connectivity index (χ0n) is 11.5. The van der Waals surface area contributed by atoms with Crippen molar-refractivity contribution < 1.29 is 14.3 Å². The Morgan fingerprint density at radius 2 is 2.30 bits per heavy atom. The van der Waals surface area contributed by atoms with Crippen molar-refractivity contribution >= 4 is 17.9 Å². The first-order chi connectivity index (χ1) is 9.69. The Bertz CT molecular complexity index is 526. The molecule has 1 aliphatic rings. The van der Waals surface area contributed by atoms with Crippen LogP contribution in [0.1, 0.15) is 12.0 Å². The molecule has 0 aliphatic carbocycles. The molecular weight excluding hydrogens is 256 g/mol. The van der Waals surface area contributed by atoms with Crippen molar-refractivity contribution in [1.82, 2.24) is 10.2 Å². The van der Waals surface area contributed by atoms with Gasteiger partial charge in [-0.05, 0) is 30.2 Å². The average Bonchev–Trinajstić information content (AvgIpc) is 2.69. The third-order valence-corrected chi connectivity index (χ3v) is 3.09. The van der Waals surface area contributed by atoms with Crippen LogP contribution < -0.4 is 10.1 Å². The molecule has 1 N–H and O–H groups in total.